The Morgan fingerprint density at radius 3 is 2.47 bits per heavy atom. The van der Waals surface area contributed by atoms with E-state index in [1.54, 1.807) is 36.4 Å². The highest BCUT2D eigenvalue weighted by Crippen LogP contribution is 2.21. The largest absolute Gasteiger partial charge is 0.508 e. The van der Waals surface area contributed by atoms with Gasteiger partial charge in [0.05, 0.1) is 5.56 Å². The van der Waals surface area contributed by atoms with Gasteiger partial charge >= 0.3 is 0 Å². The SMILES string of the molecule is Cc1ccc(Cl)cc1NC(=O)C(Cc1ccc(O)cc1)NC(=O)c1ccccc1F. The molecule has 0 heterocycles. The first-order valence-corrected chi connectivity index (χ1v) is 9.61. The molecular weight excluding hydrogens is 407 g/mol. The number of hydrogen-bond donors (Lipinski definition) is 3. The molecule has 30 heavy (non-hydrogen) atoms. The minimum atomic E-state index is -0.986. The van der Waals surface area contributed by atoms with E-state index in [0.717, 1.165) is 5.56 Å². The molecule has 0 saturated heterocycles. The van der Waals surface area contributed by atoms with Crippen LogP contribution in [0.3, 0.4) is 0 Å². The van der Waals surface area contributed by atoms with E-state index in [4.69, 9.17) is 11.6 Å². The van der Waals surface area contributed by atoms with Gasteiger partial charge in [-0.05, 0) is 54.4 Å². The van der Waals surface area contributed by atoms with Crippen molar-refractivity contribution in [3.63, 3.8) is 0 Å². The van der Waals surface area contributed by atoms with Crippen LogP contribution in [-0.2, 0) is 11.2 Å². The number of aromatic hydroxyl groups is 1. The average Bonchev–Trinajstić information content (AvgIpc) is 2.72. The van der Waals surface area contributed by atoms with E-state index in [1.807, 2.05) is 6.92 Å². The maximum Gasteiger partial charge on any atom is 0.254 e. The Bertz CT molecular complexity index is 1070. The smallest absolute Gasteiger partial charge is 0.254 e. The summed E-state index contributed by atoms with van der Waals surface area (Å²) < 4.78 is 14.0. The Kier molecular flexibility index (Phi) is 6.69. The van der Waals surface area contributed by atoms with Gasteiger partial charge in [-0.25, -0.2) is 4.39 Å². The van der Waals surface area contributed by atoms with Crippen LogP contribution in [0.4, 0.5) is 10.1 Å². The van der Waals surface area contributed by atoms with Crippen molar-refractivity contribution in [3.8, 4) is 5.75 Å². The number of hydrogen-bond acceptors (Lipinski definition) is 3. The molecule has 0 aromatic heterocycles. The molecule has 0 spiro atoms. The van der Waals surface area contributed by atoms with Crippen molar-refractivity contribution < 1.29 is 19.1 Å². The molecule has 3 aromatic carbocycles. The number of amides is 2. The predicted molar refractivity (Wildman–Crippen MR) is 114 cm³/mol. The van der Waals surface area contributed by atoms with Gasteiger partial charge in [-0.15, -0.1) is 0 Å². The Morgan fingerprint density at radius 1 is 1.07 bits per heavy atom. The molecule has 7 heteroatoms. The fourth-order valence-electron chi connectivity index (χ4n) is 2.91. The molecule has 0 aliphatic rings. The van der Waals surface area contributed by atoms with E-state index in [1.165, 1.54) is 30.3 Å². The van der Waals surface area contributed by atoms with Gasteiger partial charge in [0.15, 0.2) is 0 Å². The second-order valence-corrected chi connectivity index (χ2v) is 7.26. The van der Waals surface area contributed by atoms with Crippen molar-refractivity contribution in [2.24, 2.45) is 0 Å². The molecule has 5 nitrogen and oxygen atoms in total. The zero-order valence-corrected chi connectivity index (χ0v) is 16.9. The number of halogens is 2. The summed E-state index contributed by atoms with van der Waals surface area (Å²) in [5.74, 6) is -1.76. The van der Waals surface area contributed by atoms with Gasteiger partial charge in [0, 0.05) is 17.1 Å². The van der Waals surface area contributed by atoms with Crippen LogP contribution >= 0.6 is 11.6 Å². The van der Waals surface area contributed by atoms with Gasteiger partial charge < -0.3 is 15.7 Å². The fourth-order valence-corrected chi connectivity index (χ4v) is 3.08. The van der Waals surface area contributed by atoms with E-state index in [9.17, 15) is 19.1 Å². The molecule has 0 aliphatic heterocycles. The van der Waals surface area contributed by atoms with Gasteiger partial charge in [0.25, 0.3) is 5.91 Å². The number of carbonyl (C=O) groups excluding carboxylic acids is 2. The first-order valence-electron chi connectivity index (χ1n) is 9.24. The van der Waals surface area contributed by atoms with Crippen LogP contribution in [0.1, 0.15) is 21.5 Å². The molecule has 3 N–H and O–H groups in total. The maximum absolute atomic E-state index is 14.0. The molecule has 1 unspecified atom stereocenters. The third-order valence-corrected chi connectivity index (χ3v) is 4.81. The van der Waals surface area contributed by atoms with Gasteiger partial charge in [-0.2, -0.15) is 0 Å². The minimum Gasteiger partial charge on any atom is -0.508 e. The van der Waals surface area contributed by atoms with Gasteiger partial charge in [0.2, 0.25) is 5.91 Å². The summed E-state index contributed by atoms with van der Waals surface area (Å²) in [4.78, 5) is 25.6. The summed E-state index contributed by atoms with van der Waals surface area (Å²) in [6, 6.07) is 15.9. The number of benzene rings is 3. The van der Waals surface area contributed by atoms with Crippen molar-refractivity contribution in [3.05, 3.63) is 94.3 Å². The van der Waals surface area contributed by atoms with Crippen molar-refractivity contribution in [2.75, 3.05) is 5.32 Å². The summed E-state index contributed by atoms with van der Waals surface area (Å²) in [7, 11) is 0. The highest BCUT2D eigenvalue weighted by Gasteiger charge is 2.24. The third-order valence-electron chi connectivity index (χ3n) is 4.57. The lowest BCUT2D eigenvalue weighted by atomic mass is 10.0. The number of carbonyl (C=O) groups is 2. The number of rotatable bonds is 6. The van der Waals surface area contributed by atoms with Crippen LogP contribution in [-0.4, -0.2) is 23.0 Å². The minimum absolute atomic E-state index is 0.0877. The van der Waals surface area contributed by atoms with Gasteiger partial charge in [-0.1, -0.05) is 41.9 Å². The summed E-state index contributed by atoms with van der Waals surface area (Å²) in [5, 5.41) is 15.3. The Labute approximate surface area is 178 Å². The first-order chi connectivity index (χ1) is 14.3. The molecule has 1 atom stereocenters. The number of phenolic OH excluding ortho intramolecular Hbond substituents is 1. The topological polar surface area (TPSA) is 78.4 Å². The molecule has 2 amide bonds. The van der Waals surface area contributed by atoms with Crippen LogP contribution < -0.4 is 10.6 Å². The summed E-state index contributed by atoms with van der Waals surface area (Å²) in [6.45, 7) is 1.82. The second kappa shape index (κ2) is 9.41. The molecule has 0 saturated carbocycles. The Morgan fingerprint density at radius 2 is 1.77 bits per heavy atom. The quantitative estimate of drug-likeness (QED) is 0.544. The molecule has 154 valence electrons. The second-order valence-electron chi connectivity index (χ2n) is 6.82. The zero-order valence-electron chi connectivity index (χ0n) is 16.2. The third kappa shape index (κ3) is 5.36. The van der Waals surface area contributed by atoms with Gasteiger partial charge in [0.1, 0.15) is 17.6 Å². The maximum atomic E-state index is 14.0. The highest BCUT2D eigenvalue weighted by molar-refractivity contribution is 6.31. The van der Waals surface area contributed by atoms with Crippen molar-refractivity contribution in [1.82, 2.24) is 5.32 Å². The standard InChI is InChI=1S/C23H20ClFN2O3/c1-14-6-9-16(24)13-20(14)26-23(30)21(12-15-7-10-17(28)11-8-15)27-22(29)18-4-2-3-5-19(18)25/h2-11,13,21,28H,12H2,1H3,(H,26,30)(H,27,29). The fraction of sp³-hybridized carbons (Fsp3) is 0.130. The van der Waals surface area contributed by atoms with Crippen molar-refractivity contribution >= 4 is 29.1 Å². The van der Waals surface area contributed by atoms with Crippen LogP contribution in [0.25, 0.3) is 0 Å². The van der Waals surface area contributed by atoms with Crippen molar-refractivity contribution in [2.45, 2.75) is 19.4 Å². The molecule has 0 bridgehead atoms. The molecular formula is C23H20ClFN2O3. The van der Waals surface area contributed by atoms with Crippen LogP contribution in [0.2, 0.25) is 5.02 Å². The lowest BCUT2D eigenvalue weighted by molar-refractivity contribution is -0.118. The molecule has 0 aliphatic carbocycles. The lowest BCUT2D eigenvalue weighted by Crippen LogP contribution is -2.45. The zero-order chi connectivity index (χ0) is 21.7. The van der Waals surface area contributed by atoms with E-state index in [0.29, 0.717) is 16.3 Å². The Hall–Kier alpha value is -3.38. The van der Waals surface area contributed by atoms with Crippen molar-refractivity contribution in [1.29, 1.82) is 0 Å². The molecule has 3 rings (SSSR count). The lowest BCUT2D eigenvalue weighted by Gasteiger charge is -2.20. The molecule has 3 aromatic rings. The summed E-state index contributed by atoms with van der Waals surface area (Å²) in [6.07, 6.45) is 0.145. The first kappa shape index (κ1) is 21.3. The summed E-state index contributed by atoms with van der Waals surface area (Å²) >= 11 is 6.02. The average molecular weight is 427 g/mol. The van der Waals surface area contributed by atoms with E-state index in [2.05, 4.69) is 10.6 Å². The summed E-state index contributed by atoms with van der Waals surface area (Å²) in [5.41, 5.74) is 1.88. The normalized spacial score (nSPS) is 11.6. The highest BCUT2D eigenvalue weighted by atomic mass is 35.5. The number of aryl methyl sites for hydroxylation is 1. The van der Waals surface area contributed by atoms with Gasteiger partial charge in [-0.3, -0.25) is 9.59 Å². The van der Waals surface area contributed by atoms with Crippen LogP contribution in [0.15, 0.2) is 66.7 Å². The number of phenols is 1. The molecule has 0 radical (unpaired) electrons. The van der Waals surface area contributed by atoms with Crippen LogP contribution in [0.5, 0.6) is 5.75 Å². The van der Waals surface area contributed by atoms with E-state index in [-0.39, 0.29) is 17.7 Å². The Balaban J connectivity index is 1.85. The number of anilines is 1. The predicted octanol–water partition coefficient (Wildman–Crippen LogP) is 4.47. The van der Waals surface area contributed by atoms with Crippen LogP contribution in [0, 0.1) is 12.7 Å². The van der Waals surface area contributed by atoms with E-state index >= 15 is 0 Å². The van der Waals surface area contributed by atoms with E-state index < -0.39 is 23.7 Å². The monoisotopic (exact) mass is 426 g/mol. The molecule has 0 fully saturated rings. The number of nitrogens with one attached hydrogen (secondary N) is 2.